The van der Waals surface area contributed by atoms with Gasteiger partial charge in [0.1, 0.15) is 19.3 Å². The molecule has 2 atom stereocenters. The first kappa shape index (κ1) is 25.1. The predicted octanol–water partition coefficient (Wildman–Crippen LogP) is 3.77. The molecule has 1 aromatic carbocycles. The molecule has 1 aliphatic heterocycles. The van der Waals surface area contributed by atoms with Gasteiger partial charge in [-0.25, -0.2) is 0 Å². The van der Waals surface area contributed by atoms with E-state index in [4.69, 9.17) is 18.9 Å². The third-order valence-electron chi connectivity index (χ3n) is 5.98. The first-order valence-electron chi connectivity index (χ1n) is 11.5. The zero-order chi connectivity index (χ0) is 23.8. The van der Waals surface area contributed by atoms with Crippen LogP contribution in [0.2, 0.25) is 0 Å². The number of methoxy groups -OCH3 is 2. The van der Waals surface area contributed by atoms with Crippen molar-refractivity contribution >= 4 is 5.91 Å². The van der Waals surface area contributed by atoms with Crippen LogP contribution in [0.25, 0.3) is 0 Å². The second-order valence-electron chi connectivity index (χ2n) is 8.98. The highest BCUT2D eigenvalue weighted by atomic mass is 16.7. The van der Waals surface area contributed by atoms with Gasteiger partial charge in [0.15, 0.2) is 5.60 Å². The summed E-state index contributed by atoms with van der Waals surface area (Å²) >= 11 is 0. The number of hydrogen-bond acceptors (Lipinski definition) is 6. The summed E-state index contributed by atoms with van der Waals surface area (Å²) in [4.78, 5) is 19.6. The summed E-state index contributed by atoms with van der Waals surface area (Å²) < 4.78 is 22.6. The summed E-state index contributed by atoms with van der Waals surface area (Å²) in [7, 11) is 3.15. The average molecular weight is 457 g/mol. The predicted molar refractivity (Wildman–Crippen MR) is 126 cm³/mol. The average Bonchev–Trinajstić information content (AvgIpc) is 2.81. The number of nitrogens with zero attached hydrogens (tertiary/aromatic N) is 2. The smallest absolute Gasteiger partial charge is 0.259 e. The van der Waals surface area contributed by atoms with Crippen LogP contribution in [-0.2, 0) is 31.8 Å². The van der Waals surface area contributed by atoms with Crippen molar-refractivity contribution in [2.24, 2.45) is 5.92 Å². The lowest BCUT2D eigenvalue weighted by molar-refractivity contribution is -0.235. The number of carbonyl (C=O) groups is 1. The molecule has 7 heteroatoms. The Balaban J connectivity index is 1.78. The molecule has 0 aliphatic carbocycles. The monoisotopic (exact) mass is 456 g/mol. The molecule has 2 aromatic rings. The molecule has 1 saturated heterocycles. The molecule has 1 aromatic heterocycles. The zero-order valence-corrected chi connectivity index (χ0v) is 20.4. The Morgan fingerprint density at radius 3 is 2.58 bits per heavy atom. The minimum atomic E-state index is -1.03. The number of benzene rings is 1. The summed E-state index contributed by atoms with van der Waals surface area (Å²) in [5.41, 5.74) is 1.91. The summed E-state index contributed by atoms with van der Waals surface area (Å²) in [6.07, 6.45) is 3.76. The number of rotatable bonds is 13. The standard InChI is InChI=1S/C26H36N2O5/c1-19(2)13-24-26(33-18-31-5,25(29)28(24)17-30-4)15-22-14-23(20(3)16-27-22)32-12-11-21-9-7-6-8-10-21/h6-10,14,16,19,24H,11-13,15,17-18H2,1-5H3/t24-,26+/m0/s1. The number of carbonyl (C=O) groups excluding carboxylic acids is 1. The van der Waals surface area contributed by atoms with Crippen molar-refractivity contribution in [3.05, 3.63) is 59.4 Å². The van der Waals surface area contributed by atoms with Gasteiger partial charge in [0, 0.05) is 50.6 Å². The Labute approximate surface area is 197 Å². The van der Waals surface area contributed by atoms with Crippen LogP contribution in [0.5, 0.6) is 5.75 Å². The van der Waals surface area contributed by atoms with Gasteiger partial charge in [-0.1, -0.05) is 44.2 Å². The third-order valence-corrected chi connectivity index (χ3v) is 5.98. The third kappa shape index (κ3) is 5.91. The Hall–Kier alpha value is -2.48. The van der Waals surface area contributed by atoms with Crippen molar-refractivity contribution in [3.63, 3.8) is 0 Å². The van der Waals surface area contributed by atoms with Gasteiger partial charge in [-0.15, -0.1) is 0 Å². The highest BCUT2D eigenvalue weighted by molar-refractivity contribution is 5.93. The molecule has 1 aliphatic rings. The molecule has 7 nitrogen and oxygen atoms in total. The number of amides is 1. The van der Waals surface area contributed by atoms with E-state index in [0.29, 0.717) is 18.9 Å². The molecule has 0 spiro atoms. The van der Waals surface area contributed by atoms with Gasteiger partial charge < -0.3 is 23.8 Å². The Kier molecular flexibility index (Phi) is 8.83. The molecule has 0 unspecified atom stereocenters. The minimum absolute atomic E-state index is 0.0352. The zero-order valence-electron chi connectivity index (χ0n) is 20.4. The number of pyridine rings is 1. The van der Waals surface area contributed by atoms with Crippen molar-refractivity contribution in [1.29, 1.82) is 0 Å². The molecule has 33 heavy (non-hydrogen) atoms. The highest BCUT2D eigenvalue weighted by Crippen LogP contribution is 2.41. The van der Waals surface area contributed by atoms with Gasteiger partial charge in [0.05, 0.1) is 12.6 Å². The number of hydrogen-bond donors (Lipinski definition) is 0. The van der Waals surface area contributed by atoms with Crippen molar-refractivity contribution in [1.82, 2.24) is 9.88 Å². The summed E-state index contributed by atoms with van der Waals surface area (Å²) in [5, 5.41) is 0. The summed E-state index contributed by atoms with van der Waals surface area (Å²) in [6.45, 7) is 7.09. The molecule has 3 rings (SSSR count). The lowest BCUT2D eigenvalue weighted by atomic mass is 9.75. The molecule has 1 fully saturated rings. The number of aromatic nitrogens is 1. The summed E-state index contributed by atoms with van der Waals surface area (Å²) in [6, 6.07) is 12.1. The Morgan fingerprint density at radius 1 is 1.15 bits per heavy atom. The highest BCUT2D eigenvalue weighted by Gasteiger charge is 2.62. The maximum Gasteiger partial charge on any atom is 0.259 e. The van der Waals surface area contributed by atoms with Crippen LogP contribution < -0.4 is 4.74 Å². The lowest BCUT2D eigenvalue weighted by Gasteiger charge is -2.55. The molecule has 0 bridgehead atoms. The molecule has 1 amide bonds. The fourth-order valence-electron chi connectivity index (χ4n) is 4.32. The van der Waals surface area contributed by atoms with Crippen molar-refractivity contribution < 1.29 is 23.7 Å². The van der Waals surface area contributed by atoms with E-state index in [1.807, 2.05) is 31.2 Å². The second-order valence-corrected chi connectivity index (χ2v) is 8.98. The number of β-lactam (4-membered cyclic amide) rings is 1. The van der Waals surface area contributed by atoms with Gasteiger partial charge in [-0.05, 0) is 24.8 Å². The largest absolute Gasteiger partial charge is 0.493 e. The van der Waals surface area contributed by atoms with Gasteiger partial charge in [-0.3, -0.25) is 9.78 Å². The normalized spacial score (nSPS) is 20.2. The number of aryl methyl sites for hydroxylation is 1. The van der Waals surface area contributed by atoms with E-state index in [-0.39, 0.29) is 25.5 Å². The van der Waals surface area contributed by atoms with E-state index in [2.05, 4.69) is 31.0 Å². The topological polar surface area (TPSA) is 70.1 Å². The van der Waals surface area contributed by atoms with E-state index < -0.39 is 5.60 Å². The van der Waals surface area contributed by atoms with Crippen LogP contribution in [0.3, 0.4) is 0 Å². The molecular formula is C26H36N2O5. The quantitative estimate of drug-likeness (QED) is 0.338. The molecular weight excluding hydrogens is 420 g/mol. The van der Waals surface area contributed by atoms with Crippen LogP contribution in [-0.4, -0.2) is 61.8 Å². The second kappa shape index (κ2) is 11.6. The van der Waals surface area contributed by atoms with E-state index >= 15 is 0 Å². The van der Waals surface area contributed by atoms with Crippen LogP contribution >= 0.6 is 0 Å². The molecule has 180 valence electrons. The van der Waals surface area contributed by atoms with Gasteiger partial charge >= 0.3 is 0 Å². The maximum atomic E-state index is 13.3. The van der Waals surface area contributed by atoms with Crippen molar-refractivity contribution in [3.8, 4) is 5.75 Å². The lowest BCUT2D eigenvalue weighted by Crippen LogP contribution is -2.76. The molecule has 0 saturated carbocycles. The van der Waals surface area contributed by atoms with Crippen LogP contribution in [0.4, 0.5) is 0 Å². The fraction of sp³-hybridized carbons (Fsp3) is 0.538. The Morgan fingerprint density at radius 2 is 1.91 bits per heavy atom. The van der Waals surface area contributed by atoms with Crippen LogP contribution in [0.15, 0.2) is 42.6 Å². The van der Waals surface area contributed by atoms with E-state index in [0.717, 1.165) is 29.8 Å². The van der Waals surface area contributed by atoms with Crippen LogP contribution in [0.1, 0.15) is 37.1 Å². The van der Waals surface area contributed by atoms with E-state index in [9.17, 15) is 4.79 Å². The number of likely N-dealkylation sites (tertiary alicyclic amines) is 1. The number of ether oxygens (including phenoxy) is 4. The first-order valence-corrected chi connectivity index (χ1v) is 11.5. The van der Waals surface area contributed by atoms with E-state index in [1.54, 1.807) is 25.3 Å². The molecule has 2 heterocycles. The minimum Gasteiger partial charge on any atom is -0.493 e. The van der Waals surface area contributed by atoms with Crippen molar-refractivity contribution in [2.45, 2.75) is 51.7 Å². The molecule has 0 radical (unpaired) electrons. The van der Waals surface area contributed by atoms with Gasteiger partial charge in [-0.2, -0.15) is 0 Å². The van der Waals surface area contributed by atoms with Gasteiger partial charge in [0.25, 0.3) is 5.91 Å². The van der Waals surface area contributed by atoms with Gasteiger partial charge in [0.2, 0.25) is 0 Å². The first-order chi connectivity index (χ1) is 15.9. The SMILES string of the molecule is COCO[C@@]1(Cc2cc(OCCc3ccccc3)c(C)cn2)C(=O)N(COC)[C@H]1CC(C)C. The molecule has 0 N–H and O–H groups in total. The van der Waals surface area contributed by atoms with Crippen molar-refractivity contribution in [2.75, 3.05) is 34.4 Å². The fourth-order valence-corrected chi connectivity index (χ4v) is 4.32. The maximum absolute atomic E-state index is 13.3. The van der Waals surface area contributed by atoms with E-state index in [1.165, 1.54) is 5.56 Å². The Bertz CT molecular complexity index is 905. The summed E-state index contributed by atoms with van der Waals surface area (Å²) in [5.74, 6) is 1.07. The van der Waals surface area contributed by atoms with Crippen LogP contribution in [0, 0.1) is 12.8 Å².